The predicted octanol–water partition coefficient (Wildman–Crippen LogP) is 0.955. The fourth-order valence-electron chi connectivity index (χ4n) is 2.76. The summed E-state index contributed by atoms with van der Waals surface area (Å²) in [5, 5.41) is 0. The second kappa shape index (κ2) is 7.92. The average Bonchev–Trinajstić information content (AvgIpc) is 2.65. The highest BCUT2D eigenvalue weighted by Crippen LogP contribution is 2.39. The van der Waals surface area contributed by atoms with Crippen LogP contribution in [-0.4, -0.2) is 71.0 Å². The molecule has 0 spiro atoms. The first-order valence-corrected chi connectivity index (χ1v) is 9.41. The minimum absolute atomic E-state index is 0.0247. The lowest BCUT2D eigenvalue weighted by molar-refractivity contribution is -0.132. The van der Waals surface area contributed by atoms with Gasteiger partial charge < -0.3 is 19.1 Å². The molecule has 0 unspecified atom stereocenters. The summed E-state index contributed by atoms with van der Waals surface area (Å²) in [7, 11) is 0.428. The highest BCUT2D eigenvalue weighted by atomic mass is 32.2. The van der Waals surface area contributed by atoms with Crippen LogP contribution in [0, 0.1) is 0 Å². The molecule has 0 aromatic heterocycles. The molecule has 1 amide bonds. The number of nitrogens with zero attached hydrogens (tertiary/aromatic N) is 2. The molecular formula is C16H24N2O6S. The number of amides is 1. The van der Waals surface area contributed by atoms with Crippen LogP contribution >= 0.6 is 0 Å². The minimum atomic E-state index is -3.84. The van der Waals surface area contributed by atoms with Crippen molar-refractivity contribution in [3.63, 3.8) is 0 Å². The quantitative estimate of drug-likeness (QED) is 0.739. The number of ether oxygens (including phenoxy) is 3. The van der Waals surface area contributed by atoms with Gasteiger partial charge in [-0.15, -0.1) is 0 Å². The Bertz CT molecular complexity index is 701. The van der Waals surface area contributed by atoms with Crippen LogP contribution in [0.25, 0.3) is 0 Å². The summed E-state index contributed by atoms with van der Waals surface area (Å²) in [4.78, 5) is 13.4. The molecule has 8 nitrogen and oxygen atoms in total. The Labute approximate surface area is 148 Å². The van der Waals surface area contributed by atoms with Gasteiger partial charge >= 0.3 is 0 Å². The maximum Gasteiger partial charge on any atom is 0.250 e. The van der Waals surface area contributed by atoms with Crippen molar-refractivity contribution in [3.8, 4) is 17.2 Å². The van der Waals surface area contributed by atoms with Crippen molar-refractivity contribution in [1.29, 1.82) is 0 Å². The largest absolute Gasteiger partial charge is 0.496 e. The third kappa shape index (κ3) is 3.82. The molecule has 0 saturated carbocycles. The summed E-state index contributed by atoms with van der Waals surface area (Å²) in [5.74, 6) is 0.772. The molecule has 1 aromatic carbocycles. The molecule has 2 rings (SSSR count). The van der Waals surface area contributed by atoms with E-state index in [0.29, 0.717) is 25.3 Å². The maximum absolute atomic E-state index is 13.1. The molecule has 0 N–H and O–H groups in total. The molecule has 0 aliphatic carbocycles. The highest BCUT2D eigenvalue weighted by Gasteiger charge is 2.34. The molecule has 140 valence electrons. The Hall–Kier alpha value is -2.00. The fraction of sp³-hybridized carbons (Fsp3) is 0.562. The summed E-state index contributed by atoms with van der Waals surface area (Å²) in [6.07, 6.45) is 0.410. The van der Waals surface area contributed by atoms with E-state index in [0.717, 1.165) is 0 Å². The van der Waals surface area contributed by atoms with Gasteiger partial charge in [-0.1, -0.05) is 6.92 Å². The number of piperazine rings is 1. The number of hydrogen-bond acceptors (Lipinski definition) is 6. The Morgan fingerprint density at radius 2 is 1.52 bits per heavy atom. The van der Waals surface area contributed by atoms with Crippen molar-refractivity contribution in [2.75, 3.05) is 47.5 Å². The van der Waals surface area contributed by atoms with Crippen LogP contribution in [0.2, 0.25) is 0 Å². The van der Waals surface area contributed by atoms with Crippen molar-refractivity contribution >= 4 is 15.9 Å². The van der Waals surface area contributed by atoms with Gasteiger partial charge in [0.25, 0.3) is 10.0 Å². The third-order valence-corrected chi connectivity index (χ3v) is 6.12. The number of sulfonamides is 1. The lowest BCUT2D eigenvalue weighted by Gasteiger charge is -2.34. The Balaban J connectivity index is 2.36. The number of carbonyl (C=O) groups excluding carboxylic acids is 1. The molecule has 0 radical (unpaired) electrons. The molecule has 0 atom stereocenters. The van der Waals surface area contributed by atoms with Crippen LogP contribution in [-0.2, 0) is 14.8 Å². The second-order valence-corrected chi connectivity index (χ2v) is 7.37. The smallest absolute Gasteiger partial charge is 0.250 e. The Morgan fingerprint density at radius 3 is 1.92 bits per heavy atom. The first-order valence-electron chi connectivity index (χ1n) is 7.97. The topological polar surface area (TPSA) is 85.4 Å². The van der Waals surface area contributed by atoms with Gasteiger partial charge in [-0.3, -0.25) is 4.79 Å². The third-order valence-electron chi connectivity index (χ3n) is 4.16. The molecular weight excluding hydrogens is 348 g/mol. The van der Waals surface area contributed by atoms with Gasteiger partial charge in [0.05, 0.1) is 21.3 Å². The van der Waals surface area contributed by atoms with Crippen molar-refractivity contribution in [2.24, 2.45) is 0 Å². The summed E-state index contributed by atoms with van der Waals surface area (Å²) >= 11 is 0. The normalized spacial score (nSPS) is 15.8. The van der Waals surface area contributed by atoms with Gasteiger partial charge in [0.1, 0.15) is 17.2 Å². The molecule has 1 saturated heterocycles. The van der Waals surface area contributed by atoms with E-state index in [-0.39, 0.29) is 35.4 Å². The lowest BCUT2D eigenvalue weighted by atomic mass is 10.3. The number of benzene rings is 1. The highest BCUT2D eigenvalue weighted by molar-refractivity contribution is 7.89. The number of carbonyl (C=O) groups is 1. The van der Waals surface area contributed by atoms with Gasteiger partial charge in [-0.25, -0.2) is 8.42 Å². The molecule has 1 heterocycles. The zero-order valence-corrected chi connectivity index (χ0v) is 15.8. The molecule has 1 aromatic rings. The second-order valence-electron chi connectivity index (χ2n) is 5.50. The van der Waals surface area contributed by atoms with Gasteiger partial charge in [-0.2, -0.15) is 4.31 Å². The van der Waals surface area contributed by atoms with Gasteiger partial charge in [-0.05, 0) is 0 Å². The first-order chi connectivity index (χ1) is 11.9. The van der Waals surface area contributed by atoms with E-state index in [2.05, 4.69) is 0 Å². The molecule has 1 aliphatic rings. The Kier molecular flexibility index (Phi) is 6.12. The van der Waals surface area contributed by atoms with Crippen molar-refractivity contribution in [2.45, 2.75) is 18.2 Å². The molecule has 25 heavy (non-hydrogen) atoms. The van der Waals surface area contributed by atoms with E-state index in [1.54, 1.807) is 11.8 Å². The van der Waals surface area contributed by atoms with Crippen molar-refractivity contribution in [3.05, 3.63) is 12.1 Å². The van der Waals surface area contributed by atoms with E-state index in [4.69, 9.17) is 14.2 Å². The van der Waals surface area contributed by atoms with E-state index < -0.39 is 10.0 Å². The van der Waals surface area contributed by atoms with Crippen molar-refractivity contribution < 1.29 is 27.4 Å². The number of hydrogen-bond donors (Lipinski definition) is 0. The standard InChI is InChI=1S/C16H24N2O6S/c1-5-15(19)17-6-8-18(9-7-17)25(20,21)16-13(23-3)10-12(22-2)11-14(16)24-4/h10-11H,5-9H2,1-4H3. The lowest BCUT2D eigenvalue weighted by Crippen LogP contribution is -2.50. The van der Waals surface area contributed by atoms with Crippen LogP contribution in [0.1, 0.15) is 13.3 Å². The molecule has 1 aliphatic heterocycles. The van der Waals surface area contributed by atoms with E-state index >= 15 is 0 Å². The maximum atomic E-state index is 13.1. The van der Waals surface area contributed by atoms with Crippen LogP contribution in [0.15, 0.2) is 17.0 Å². The molecule has 1 fully saturated rings. The van der Waals surface area contributed by atoms with Gasteiger partial charge in [0, 0.05) is 44.7 Å². The molecule has 9 heteroatoms. The van der Waals surface area contributed by atoms with E-state index in [9.17, 15) is 13.2 Å². The number of methoxy groups -OCH3 is 3. The Morgan fingerprint density at radius 1 is 1.00 bits per heavy atom. The fourth-order valence-corrected chi connectivity index (χ4v) is 4.45. The van der Waals surface area contributed by atoms with E-state index in [1.165, 1.54) is 37.8 Å². The van der Waals surface area contributed by atoms with Crippen LogP contribution in [0.5, 0.6) is 17.2 Å². The average molecular weight is 372 g/mol. The van der Waals surface area contributed by atoms with Crippen LogP contribution in [0.3, 0.4) is 0 Å². The van der Waals surface area contributed by atoms with Gasteiger partial charge in [0.15, 0.2) is 4.90 Å². The minimum Gasteiger partial charge on any atom is -0.496 e. The predicted molar refractivity (Wildman–Crippen MR) is 91.7 cm³/mol. The number of rotatable bonds is 6. The van der Waals surface area contributed by atoms with Gasteiger partial charge in [0.2, 0.25) is 5.91 Å². The van der Waals surface area contributed by atoms with Crippen LogP contribution < -0.4 is 14.2 Å². The van der Waals surface area contributed by atoms with E-state index in [1.807, 2.05) is 0 Å². The molecule has 0 bridgehead atoms. The van der Waals surface area contributed by atoms with Crippen LogP contribution in [0.4, 0.5) is 0 Å². The summed E-state index contributed by atoms with van der Waals surface area (Å²) in [6, 6.07) is 3.01. The first kappa shape index (κ1) is 19.3. The SMILES string of the molecule is CCC(=O)N1CCN(S(=O)(=O)c2c(OC)cc(OC)cc2OC)CC1. The summed E-state index contributed by atoms with van der Waals surface area (Å²) in [5.41, 5.74) is 0. The summed E-state index contributed by atoms with van der Waals surface area (Å²) < 4.78 is 43.2. The van der Waals surface area contributed by atoms with Crippen molar-refractivity contribution in [1.82, 2.24) is 9.21 Å². The zero-order valence-electron chi connectivity index (χ0n) is 14.9. The summed E-state index contributed by atoms with van der Waals surface area (Å²) in [6.45, 7) is 2.98. The monoisotopic (exact) mass is 372 g/mol. The zero-order chi connectivity index (χ0) is 18.6.